The van der Waals surface area contributed by atoms with Crippen molar-refractivity contribution in [1.29, 1.82) is 0 Å². The number of fused-ring (bicyclic) bond motifs is 1. The minimum atomic E-state index is -0.0707. The summed E-state index contributed by atoms with van der Waals surface area (Å²) in [5, 5.41) is 10.4. The Bertz CT molecular complexity index is 776. The summed E-state index contributed by atoms with van der Waals surface area (Å²) in [6, 6.07) is 8.64. The molecule has 6 heteroatoms. The van der Waals surface area contributed by atoms with Crippen molar-refractivity contribution in [3.05, 3.63) is 53.3 Å². The van der Waals surface area contributed by atoms with Gasteiger partial charge in [0.05, 0.1) is 12.3 Å². The van der Waals surface area contributed by atoms with E-state index in [9.17, 15) is 4.79 Å². The summed E-state index contributed by atoms with van der Waals surface area (Å²) in [4.78, 5) is 12.3. The predicted molar refractivity (Wildman–Crippen MR) is 108 cm³/mol. The van der Waals surface area contributed by atoms with Crippen LogP contribution in [0.15, 0.2) is 36.7 Å². The zero-order chi connectivity index (χ0) is 19.3. The van der Waals surface area contributed by atoms with Gasteiger partial charge in [0.25, 0.3) is 0 Å². The Morgan fingerprint density at radius 2 is 1.86 bits per heavy atom. The fourth-order valence-electron chi connectivity index (χ4n) is 4.43. The zero-order valence-corrected chi connectivity index (χ0v) is 16.6. The number of hydrogen-bond donors (Lipinski definition) is 2. The number of carbonyl (C=O) groups is 1. The van der Waals surface area contributed by atoms with Crippen LogP contribution in [-0.4, -0.2) is 35.5 Å². The Morgan fingerprint density at radius 3 is 2.54 bits per heavy atom. The van der Waals surface area contributed by atoms with Crippen LogP contribution in [0.4, 0.5) is 4.79 Å². The third-order valence-corrected chi connectivity index (χ3v) is 6.11. The van der Waals surface area contributed by atoms with Crippen LogP contribution in [0.25, 0.3) is 0 Å². The molecule has 2 heterocycles. The normalized spacial score (nSPS) is 22.5. The molecule has 1 aromatic carbocycles. The molecule has 2 atom stereocenters. The molecule has 0 radical (unpaired) electrons. The summed E-state index contributed by atoms with van der Waals surface area (Å²) in [7, 11) is 1.91. The SMILES string of the molecule is Cn1cc([C@H]2OCC[C@@H]2CNC(=O)NCC2CCc3ccccc3CC2)cn1. The molecule has 2 aromatic rings. The average molecular weight is 383 g/mol. The summed E-state index contributed by atoms with van der Waals surface area (Å²) >= 11 is 0. The van der Waals surface area contributed by atoms with Crippen molar-refractivity contribution in [2.75, 3.05) is 19.7 Å². The minimum Gasteiger partial charge on any atom is -0.373 e. The van der Waals surface area contributed by atoms with E-state index in [1.807, 2.05) is 19.4 Å². The molecule has 0 bridgehead atoms. The Hall–Kier alpha value is -2.34. The largest absolute Gasteiger partial charge is 0.373 e. The van der Waals surface area contributed by atoms with E-state index in [1.165, 1.54) is 11.1 Å². The van der Waals surface area contributed by atoms with Gasteiger partial charge in [0.1, 0.15) is 0 Å². The van der Waals surface area contributed by atoms with Gasteiger partial charge in [0.15, 0.2) is 0 Å². The first-order valence-corrected chi connectivity index (χ1v) is 10.4. The first kappa shape index (κ1) is 19.0. The number of rotatable bonds is 5. The highest BCUT2D eigenvalue weighted by molar-refractivity contribution is 5.73. The van der Waals surface area contributed by atoms with Gasteiger partial charge in [-0.2, -0.15) is 5.10 Å². The maximum atomic E-state index is 12.3. The smallest absolute Gasteiger partial charge is 0.314 e. The standard InChI is InChI=1S/C22H30N4O2/c1-26-15-20(14-25-26)21-19(10-11-28-21)13-24-22(27)23-12-16-6-8-17-4-2-3-5-18(17)9-7-16/h2-5,14-16,19,21H,6-13H2,1H3,(H2,23,24,27)/t19-,21+/m1/s1. The van der Waals surface area contributed by atoms with Gasteiger partial charge in [-0.1, -0.05) is 24.3 Å². The molecule has 1 fully saturated rings. The van der Waals surface area contributed by atoms with Gasteiger partial charge in [0, 0.05) is 44.4 Å². The van der Waals surface area contributed by atoms with Gasteiger partial charge >= 0.3 is 6.03 Å². The van der Waals surface area contributed by atoms with Gasteiger partial charge in [-0.3, -0.25) is 4.68 Å². The Labute approximate surface area is 166 Å². The molecule has 28 heavy (non-hydrogen) atoms. The van der Waals surface area contributed by atoms with E-state index < -0.39 is 0 Å². The lowest BCUT2D eigenvalue weighted by molar-refractivity contribution is 0.0909. The Balaban J connectivity index is 1.21. The molecule has 1 aliphatic carbocycles. The van der Waals surface area contributed by atoms with Gasteiger partial charge in [-0.15, -0.1) is 0 Å². The molecule has 1 saturated heterocycles. The second-order valence-electron chi connectivity index (χ2n) is 8.09. The van der Waals surface area contributed by atoms with Crippen LogP contribution in [0, 0.1) is 11.8 Å². The number of carbonyl (C=O) groups excluding carboxylic acids is 1. The maximum absolute atomic E-state index is 12.3. The van der Waals surface area contributed by atoms with E-state index >= 15 is 0 Å². The summed E-state index contributed by atoms with van der Waals surface area (Å²) in [5.74, 6) is 0.832. The first-order chi connectivity index (χ1) is 13.7. The summed E-state index contributed by atoms with van der Waals surface area (Å²) in [6.07, 6.45) is 9.32. The van der Waals surface area contributed by atoms with Crippen molar-refractivity contribution in [2.24, 2.45) is 18.9 Å². The number of benzene rings is 1. The van der Waals surface area contributed by atoms with Crippen LogP contribution in [0.2, 0.25) is 0 Å². The molecule has 0 unspecified atom stereocenters. The van der Waals surface area contributed by atoms with Crippen molar-refractivity contribution >= 4 is 6.03 Å². The molecule has 2 amide bonds. The minimum absolute atomic E-state index is 0.0226. The van der Waals surface area contributed by atoms with E-state index in [4.69, 9.17) is 4.74 Å². The number of ether oxygens (including phenoxy) is 1. The van der Waals surface area contributed by atoms with Crippen molar-refractivity contribution < 1.29 is 9.53 Å². The third kappa shape index (κ3) is 4.55. The molecule has 0 saturated carbocycles. The van der Waals surface area contributed by atoms with Crippen LogP contribution in [0.5, 0.6) is 0 Å². The van der Waals surface area contributed by atoms with E-state index in [-0.39, 0.29) is 12.1 Å². The number of nitrogens with zero attached hydrogens (tertiary/aromatic N) is 2. The number of urea groups is 1. The van der Waals surface area contributed by atoms with Crippen LogP contribution >= 0.6 is 0 Å². The van der Waals surface area contributed by atoms with Crippen molar-refractivity contribution in [3.63, 3.8) is 0 Å². The van der Waals surface area contributed by atoms with Crippen LogP contribution < -0.4 is 10.6 Å². The molecular weight excluding hydrogens is 352 g/mol. The predicted octanol–water partition coefficient (Wildman–Crippen LogP) is 2.99. The number of aromatic nitrogens is 2. The number of aryl methyl sites for hydroxylation is 3. The molecule has 1 aliphatic heterocycles. The van der Waals surface area contributed by atoms with Crippen LogP contribution in [0.1, 0.15) is 42.1 Å². The fourth-order valence-corrected chi connectivity index (χ4v) is 4.43. The Morgan fingerprint density at radius 1 is 1.14 bits per heavy atom. The van der Waals surface area contributed by atoms with Gasteiger partial charge in [-0.05, 0) is 49.1 Å². The average Bonchev–Trinajstić information content (AvgIpc) is 3.29. The molecule has 1 aromatic heterocycles. The second kappa shape index (κ2) is 8.78. The Kier molecular flexibility index (Phi) is 5.95. The summed E-state index contributed by atoms with van der Waals surface area (Å²) in [6.45, 7) is 2.10. The third-order valence-electron chi connectivity index (χ3n) is 6.11. The number of nitrogens with one attached hydrogen (secondary N) is 2. The molecule has 2 aliphatic rings. The monoisotopic (exact) mass is 382 g/mol. The molecule has 4 rings (SSSR count). The highest BCUT2D eigenvalue weighted by Gasteiger charge is 2.30. The van der Waals surface area contributed by atoms with Crippen molar-refractivity contribution in [1.82, 2.24) is 20.4 Å². The fraction of sp³-hybridized carbons (Fsp3) is 0.545. The lowest BCUT2D eigenvalue weighted by Crippen LogP contribution is -2.40. The van der Waals surface area contributed by atoms with E-state index in [2.05, 4.69) is 40.0 Å². The first-order valence-electron chi connectivity index (χ1n) is 10.4. The highest BCUT2D eigenvalue weighted by atomic mass is 16.5. The molecular formula is C22H30N4O2. The van der Waals surface area contributed by atoms with Crippen LogP contribution in [-0.2, 0) is 24.6 Å². The maximum Gasteiger partial charge on any atom is 0.314 e. The van der Waals surface area contributed by atoms with Crippen molar-refractivity contribution in [2.45, 2.75) is 38.2 Å². The molecule has 2 N–H and O–H groups in total. The number of hydrogen-bond acceptors (Lipinski definition) is 3. The van der Waals surface area contributed by atoms with Gasteiger partial charge < -0.3 is 15.4 Å². The molecule has 150 valence electrons. The van der Waals surface area contributed by atoms with E-state index in [0.717, 1.165) is 50.8 Å². The summed E-state index contributed by atoms with van der Waals surface area (Å²) < 4.78 is 7.66. The van der Waals surface area contributed by atoms with E-state index in [1.54, 1.807) is 4.68 Å². The summed E-state index contributed by atoms with van der Waals surface area (Å²) in [5.41, 5.74) is 4.03. The lowest BCUT2D eigenvalue weighted by atomic mass is 9.97. The quantitative estimate of drug-likeness (QED) is 0.781. The van der Waals surface area contributed by atoms with Crippen molar-refractivity contribution in [3.8, 4) is 0 Å². The molecule has 0 spiro atoms. The molecule has 6 nitrogen and oxygen atoms in total. The lowest BCUT2D eigenvalue weighted by Gasteiger charge is -2.19. The van der Waals surface area contributed by atoms with E-state index in [0.29, 0.717) is 18.4 Å². The topological polar surface area (TPSA) is 68.2 Å². The van der Waals surface area contributed by atoms with Gasteiger partial charge in [-0.25, -0.2) is 4.79 Å². The number of amides is 2. The van der Waals surface area contributed by atoms with Gasteiger partial charge in [0.2, 0.25) is 0 Å². The van der Waals surface area contributed by atoms with Crippen LogP contribution in [0.3, 0.4) is 0 Å². The second-order valence-corrected chi connectivity index (χ2v) is 8.09. The zero-order valence-electron chi connectivity index (χ0n) is 16.6. The highest BCUT2D eigenvalue weighted by Crippen LogP contribution is 2.33.